The third-order valence-corrected chi connectivity index (χ3v) is 4.32. The minimum absolute atomic E-state index is 0.0000427. The highest BCUT2D eigenvalue weighted by atomic mass is 19.1. The quantitative estimate of drug-likeness (QED) is 0.922. The monoisotopic (exact) mass is 347 g/mol. The number of aromatic hydroxyl groups is 1. The minimum atomic E-state index is -1.14. The number of aryl methyl sites for hydroxylation is 1. The van der Waals surface area contributed by atoms with Crippen LogP contribution in [0.1, 0.15) is 28.8 Å². The maximum atomic E-state index is 13.4. The summed E-state index contributed by atoms with van der Waals surface area (Å²) in [6.45, 7) is 2.89. The van der Waals surface area contributed by atoms with E-state index in [2.05, 4.69) is 0 Å². The summed E-state index contributed by atoms with van der Waals surface area (Å²) in [7, 11) is 0. The Labute approximate surface area is 144 Å². The van der Waals surface area contributed by atoms with Crippen molar-refractivity contribution >= 4 is 5.91 Å². The van der Waals surface area contributed by atoms with E-state index in [1.807, 2.05) is 31.2 Å². The van der Waals surface area contributed by atoms with Gasteiger partial charge in [-0.05, 0) is 31.2 Å². The maximum absolute atomic E-state index is 13.4. The summed E-state index contributed by atoms with van der Waals surface area (Å²) >= 11 is 0. The van der Waals surface area contributed by atoms with Crippen molar-refractivity contribution in [3.05, 3.63) is 59.2 Å². The summed E-state index contributed by atoms with van der Waals surface area (Å²) in [6, 6.07) is 9.48. The van der Waals surface area contributed by atoms with Crippen LogP contribution in [0, 0.1) is 18.6 Å². The zero-order valence-electron chi connectivity index (χ0n) is 13.8. The number of amides is 1. The third-order valence-electron chi connectivity index (χ3n) is 4.32. The molecule has 0 spiro atoms. The van der Waals surface area contributed by atoms with E-state index in [1.54, 1.807) is 4.90 Å². The number of hydrogen-bond donors (Lipinski definition) is 1. The third kappa shape index (κ3) is 3.90. The van der Waals surface area contributed by atoms with E-state index in [-0.39, 0.29) is 11.7 Å². The molecule has 132 valence electrons. The van der Waals surface area contributed by atoms with Crippen molar-refractivity contribution in [2.45, 2.75) is 25.9 Å². The van der Waals surface area contributed by atoms with Crippen LogP contribution in [0.5, 0.6) is 11.5 Å². The zero-order valence-corrected chi connectivity index (χ0v) is 13.8. The van der Waals surface area contributed by atoms with Gasteiger partial charge >= 0.3 is 0 Å². The van der Waals surface area contributed by atoms with Crippen molar-refractivity contribution in [1.29, 1.82) is 0 Å². The molecule has 6 heteroatoms. The number of piperidine rings is 1. The van der Waals surface area contributed by atoms with Gasteiger partial charge in [0.05, 0.1) is 0 Å². The lowest BCUT2D eigenvalue weighted by atomic mass is 10.1. The molecule has 1 fully saturated rings. The van der Waals surface area contributed by atoms with Gasteiger partial charge in [-0.1, -0.05) is 17.7 Å². The van der Waals surface area contributed by atoms with Crippen LogP contribution >= 0.6 is 0 Å². The highest BCUT2D eigenvalue weighted by Gasteiger charge is 2.26. The number of hydrogen-bond acceptors (Lipinski definition) is 3. The Morgan fingerprint density at radius 1 is 1.12 bits per heavy atom. The second-order valence-corrected chi connectivity index (χ2v) is 6.21. The van der Waals surface area contributed by atoms with Crippen LogP contribution < -0.4 is 4.74 Å². The summed E-state index contributed by atoms with van der Waals surface area (Å²) < 4.78 is 32.7. The first-order valence-corrected chi connectivity index (χ1v) is 8.14. The predicted molar refractivity (Wildman–Crippen MR) is 88.8 cm³/mol. The summed E-state index contributed by atoms with van der Waals surface area (Å²) in [6.07, 6.45) is 1.28. The molecule has 1 saturated heterocycles. The summed E-state index contributed by atoms with van der Waals surface area (Å²) in [5.41, 5.74) is 1.05. The molecule has 0 unspecified atom stereocenters. The number of halogens is 2. The number of nitrogens with zero attached hydrogens (tertiary/aromatic N) is 1. The first kappa shape index (κ1) is 17.2. The smallest absolute Gasteiger partial charge is 0.254 e. The zero-order chi connectivity index (χ0) is 18.0. The van der Waals surface area contributed by atoms with E-state index in [1.165, 1.54) is 0 Å². The molecule has 4 nitrogen and oxygen atoms in total. The molecule has 0 radical (unpaired) electrons. The molecule has 0 saturated carbocycles. The molecule has 0 bridgehead atoms. The van der Waals surface area contributed by atoms with Crippen molar-refractivity contribution in [3.63, 3.8) is 0 Å². The Morgan fingerprint density at radius 3 is 2.24 bits per heavy atom. The number of phenols is 1. The lowest BCUT2D eigenvalue weighted by Crippen LogP contribution is -2.41. The van der Waals surface area contributed by atoms with Gasteiger partial charge < -0.3 is 14.7 Å². The van der Waals surface area contributed by atoms with Gasteiger partial charge in [-0.2, -0.15) is 0 Å². The van der Waals surface area contributed by atoms with Gasteiger partial charge in [-0.25, -0.2) is 8.78 Å². The summed E-state index contributed by atoms with van der Waals surface area (Å²) in [4.78, 5) is 13.9. The molecule has 2 aromatic carbocycles. The van der Waals surface area contributed by atoms with Gasteiger partial charge in [0.2, 0.25) is 0 Å². The second-order valence-electron chi connectivity index (χ2n) is 6.21. The second kappa shape index (κ2) is 7.09. The number of rotatable bonds is 3. The fourth-order valence-corrected chi connectivity index (χ4v) is 2.86. The molecule has 2 aromatic rings. The lowest BCUT2D eigenvalue weighted by molar-refractivity contribution is 0.0594. The van der Waals surface area contributed by atoms with Crippen LogP contribution in [0.4, 0.5) is 8.78 Å². The van der Waals surface area contributed by atoms with E-state index in [4.69, 9.17) is 9.84 Å². The van der Waals surface area contributed by atoms with Crippen molar-refractivity contribution in [3.8, 4) is 11.5 Å². The summed E-state index contributed by atoms with van der Waals surface area (Å²) in [5.74, 6) is -3.01. The average Bonchev–Trinajstić information content (AvgIpc) is 2.61. The Kier molecular flexibility index (Phi) is 4.88. The van der Waals surface area contributed by atoms with Gasteiger partial charge in [-0.15, -0.1) is 0 Å². The standard InChI is InChI=1S/C19H19F2NO3/c1-12-2-4-14(5-3-12)25-15-6-8-22(9-7-15)19(24)13-10-16(20)18(23)17(21)11-13/h2-5,10-11,15,23H,6-9H2,1H3. The SMILES string of the molecule is Cc1ccc(OC2CCN(C(=O)c3cc(F)c(O)c(F)c3)CC2)cc1. The summed E-state index contributed by atoms with van der Waals surface area (Å²) in [5, 5.41) is 9.12. The van der Waals surface area contributed by atoms with Crippen molar-refractivity contribution in [1.82, 2.24) is 4.90 Å². The molecule has 1 aliphatic rings. The van der Waals surface area contributed by atoms with Gasteiger partial charge in [0.1, 0.15) is 11.9 Å². The predicted octanol–water partition coefficient (Wildman–Crippen LogP) is 3.66. The Morgan fingerprint density at radius 2 is 1.68 bits per heavy atom. The fraction of sp³-hybridized carbons (Fsp3) is 0.316. The molecule has 3 rings (SSSR count). The van der Waals surface area contributed by atoms with Gasteiger partial charge in [0.25, 0.3) is 5.91 Å². The fourth-order valence-electron chi connectivity index (χ4n) is 2.86. The van der Waals surface area contributed by atoms with Crippen molar-refractivity contribution < 1.29 is 23.4 Å². The molecule has 0 atom stereocenters. The Hall–Kier alpha value is -2.63. The molecule has 1 amide bonds. The van der Waals surface area contributed by atoms with Gasteiger partial charge in [0.15, 0.2) is 17.4 Å². The van der Waals surface area contributed by atoms with Crippen molar-refractivity contribution in [2.75, 3.05) is 13.1 Å². The maximum Gasteiger partial charge on any atom is 0.254 e. The molecular formula is C19H19F2NO3. The molecule has 0 aliphatic carbocycles. The largest absolute Gasteiger partial charge is 0.503 e. The van der Waals surface area contributed by atoms with Crippen LogP contribution in [-0.2, 0) is 0 Å². The first-order chi connectivity index (χ1) is 11.9. The Balaban J connectivity index is 1.60. The Bertz CT molecular complexity index is 746. The topological polar surface area (TPSA) is 49.8 Å². The number of ether oxygens (including phenoxy) is 1. The molecular weight excluding hydrogens is 328 g/mol. The number of phenolic OH excluding ortho intramolecular Hbond substituents is 1. The van der Waals surface area contributed by atoms with E-state index in [9.17, 15) is 13.6 Å². The van der Waals surface area contributed by atoms with Gasteiger partial charge in [0, 0.05) is 31.5 Å². The molecule has 1 N–H and O–H groups in total. The van der Waals surface area contributed by atoms with Crippen LogP contribution in [0.2, 0.25) is 0 Å². The first-order valence-electron chi connectivity index (χ1n) is 8.14. The number of likely N-dealkylation sites (tertiary alicyclic amines) is 1. The van der Waals surface area contributed by atoms with E-state index in [0.29, 0.717) is 25.9 Å². The van der Waals surface area contributed by atoms with Crippen LogP contribution in [0.3, 0.4) is 0 Å². The normalized spacial score (nSPS) is 15.2. The van der Waals surface area contributed by atoms with E-state index >= 15 is 0 Å². The molecule has 1 aliphatic heterocycles. The highest BCUT2D eigenvalue weighted by Crippen LogP contribution is 2.24. The molecule has 1 heterocycles. The molecule has 0 aromatic heterocycles. The van der Waals surface area contributed by atoms with Gasteiger partial charge in [-0.3, -0.25) is 4.79 Å². The van der Waals surface area contributed by atoms with Crippen LogP contribution in [0.15, 0.2) is 36.4 Å². The number of carbonyl (C=O) groups excluding carboxylic acids is 1. The van der Waals surface area contributed by atoms with E-state index < -0.39 is 23.3 Å². The molecule has 25 heavy (non-hydrogen) atoms. The number of carbonyl (C=O) groups is 1. The number of benzene rings is 2. The van der Waals surface area contributed by atoms with E-state index in [0.717, 1.165) is 23.4 Å². The highest BCUT2D eigenvalue weighted by molar-refractivity contribution is 5.94. The van der Waals surface area contributed by atoms with Crippen LogP contribution in [0.25, 0.3) is 0 Å². The minimum Gasteiger partial charge on any atom is -0.503 e. The lowest BCUT2D eigenvalue weighted by Gasteiger charge is -2.32. The van der Waals surface area contributed by atoms with Crippen LogP contribution in [-0.4, -0.2) is 35.1 Å². The van der Waals surface area contributed by atoms with Crippen molar-refractivity contribution in [2.24, 2.45) is 0 Å². The average molecular weight is 347 g/mol.